The molecule has 2 nitrogen and oxygen atoms in total. The molecule has 0 N–H and O–H groups in total. The van der Waals surface area contributed by atoms with Gasteiger partial charge < -0.3 is 9.53 Å². The first-order valence-electron chi connectivity index (χ1n) is 5.64. The summed E-state index contributed by atoms with van der Waals surface area (Å²) < 4.78 is 5.74. The molecular weight excluding hydrogens is 224 g/mol. The number of rotatable bonds is 6. The third-order valence-corrected chi connectivity index (χ3v) is 2.96. The summed E-state index contributed by atoms with van der Waals surface area (Å²) in [5, 5.41) is 0.694. The average Bonchev–Trinajstić information content (AvgIpc) is 3.09. The van der Waals surface area contributed by atoms with Gasteiger partial charge in [0.25, 0.3) is 0 Å². The third-order valence-electron chi connectivity index (χ3n) is 2.73. The van der Waals surface area contributed by atoms with Gasteiger partial charge in [0.05, 0.1) is 6.61 Å². The maximum atomic E-state index is 10.4. The SMILES string of the molecule is O=CCCc1cc(Cl)ccc1OCC1CC1. The smallest absolute Gasteiger partial charge is 0.122 e. The molecule has 2 rings (SSSR count). The van der Waals surface area contributed by atoms with E-state index in [-0.39, 0.29) is 0 Å². The molecule has 0 aliphatic heterocycles. The van der Waals surface area contributed by atoms with Crippen molar-refractivity contribution in [2.75, 3.05) is 6.61 Å². The Labute approximate surface area is 101 Å². The lowest BCUT2D eigenvalue weighted by molar-refractivity contribution is -0.107. The first-order valence-corrected chi connectivity index (χ1v) is 6.02. The normalized spacial score (nSPS) is 14.8. The molecule has 0 saturated heterocycles. The van der Waals surface area contributed by atoms with Crippen LogP contribution in [0.15, 0.2) is 18.2 Å². The van der Waals surface area contributed by atoms with Crippen molar-refractivity contribution in [3.63, 3.8) is 0 Å². The number of benzene rings is 1. The van der Waals surface area contributed by atoms with Crippen molar-refractivity contribution < 1.29 is 9.53 Å². The van der Waals surface area contributed by atoms with Crippen LogP contribution in [0, 0.1) is 5.92 Å². The maximum Gasteiger partial charge on any atom is 0.122 e. The van der Waals surface area contributed by atoms with Crippen molar-refractivity contribution in [3.8, 4) is 5.75 Å². The first kappa shape index (κ1) is 11.5. The van der Waals surface area contributed by atoms with Crippen molar-refractivity contribution in [2.45, 2.75) is 25.7 Å². The molecule has 0 unspecified atom stereocenters. The molecule has 0 atom stereocenters. The summed E-state index contributed by atoms with van der Waals surface area (Å²) in [5.41, 5.74) is 1.03. The molecule has 1 aliphatic carbocycles. The van der Waals surface area contributed by atoms with Crippen molar-refractivity contribution in [2.24, 2.45) is 5.92 Å². The Kier molecular flexibility index (Phi) is 3.83. The van der Waals surface area contributed by atoms with E-state index in [1.807, 2.05) is 18.2 Å². The van der Waals surface area contributed by atoms with Gasteiger partial charge in [-0.1, -0.05) is 11.6 Å². The molecule has 0 bridgehead atoms. The Balaban J connectivity index is 2.03. The molecular formula is C13H15ClO2. The van der Waals surface area contributed by atoms with Gasteiger partial charge in [0.2, 0.25) is 0 Å². The Morgan fingerprint density at radius 1 is 1.44 bits per heavy atom. The fraction of sp³-hybridized carbons (Fsp3) is 0.462. The average molecular weight is 239 g/mol. The number of carbonyl (C=O) groups is 1. The predicted octanol–water partition coefficient (Wildman–Crippen LogP) is 3.26. The molecule has 0 aromatic heterocycles. The minimum atomic E-state index is 0.514. The minimum absolute atomic E-state index is 0.514. The summed E-state index contributed by atoms with van der Waals surface area (Å²) in [6.07, 6.45) is 4.68. The quantitative estimate of drug-likeness (QED) is 0.711. The largest absolute Gasteiger partial charge is 0.493 e. The van der Waals surface area contributed by atoms with Crippen molar-refractivity contribution in [3.05, 3.63) is 28.8 Å². The van der Waals surface area contributed by atoms with Crippen molar-refractivity contribution in [1.29, 1.82) is 0 Å². The molecule has 86 valence electrons. The van der Waals surface area contributed by atoms with E-state index in [0.29, 0.717) is 17.9 Å². The van der Waals surface area contributed by atoms with Crippen LogP contribution in [0.4, 0.5) is 0 Å². The summed E-state index contributed by atoms with van der Waals surface area (Å²) in [5.74, 6) is 1.60. The van der Waals surface area contributed by atoms with Gasteiger partial charge in [-0.15, -0.1) is 0 Å². The van der Waals surface area contributed by atoms with Gasteiger partial charge in [0, 0.05) is 11.4 Å². The lowest BCUT2D eigenvalue weighted by Crippen LogP contribution is -2.02. The van der Waals surface area contributed by atoms with E-state index in [0.717, 1.165) is 30.1 Å². The molecule has 1 saturated carbocycles. The Morgan fingerprint density at radius 2 is 2.25 bits per heavy atom. The highest BCUT2D eigenvalue weighted by molar-refractivity contribution is 6.30. The van der Waals surface area contributed by atoms with E-state index in [9.17, 15) is 4.79 Å². The van der Waals surface area contributed by atoms with Crippen LogP contribution in [0.2, 0.25) is 5.02 Å². The molecule has 0 spiro atoms. The first-order chi connectivity index (χ1) is 7.79. The van der Waals surface area contributed by atoms with E-state index in [1.165, 1.54) is 12.8 Å². The number of carbonyl (C=O) groups excluding carboxylic acids is 1. The van der Waals surface area contributed by atoms with Gasteiger partial charge in [-0.3, -0.25) is 0 Å². The summed E-state index contributed by atoms with van der Waals surface area (Å²) in [4.78, 5) is 10.4. The number of halogens is 1. The molecule has 0 amide bonds. The number of hydrogen-bond acceptors (Lipinski definition) is 2. The molecule has 1 aromatic rings. The topological polar surface area (TPSA) is 26.3 Å². The number of aldehydes is 1. The van der Waals surface area contributed by atoms with Crippen LogP contribution in [-0.2, 0) is 11.2 Å². The van der Waals surface area contributed by atoms with E-state index >= 15 is 0 Å². The number of ether oxygens (including phenoxy) is 1. The fourth-order valence-electron chi connectivity index (χ4n) is 1.59. The second-order valence-corrected chi connectivity index (χ2v) is 4.65. The standard InChI is InChI=1S/C13H15ClO2/c14-12-5-6-13(16-9-10-3-4-10)11(8-12)2-1-7-15/h5-8,10H,1-4,9H2. The van der Waals surface area contributed by atoms with Gasteiger partial charge in [0.1, 0.15) is 12.0 Å². The Hall–Kier alpha value is -1.02. The molecule has 1 aromatic carbocycles. The molecule has 0 radical (unpaired) electrons. The van der Waals surface area contributed by atoms with Gasteiger partial charge >= 0.3 is 0 Å². The number of hydrogen-bond donors (Lipinski definition) is 0. The lowest BCUT2D eigenvalue weighted by Gasteiger charge is -2.10. The number of aryl methyl sites for hydroxylation is 1. The monoisotopic (exact) mass is 238 g/mol. The Bertz CT molecular complexity index is 372. The van der Waals surface area contributed by atoms with Crippen LogP contribution in [0.1, 0.15) is 24.8 Å². The van der Waals surface area contributed by atoms with Crippen LogP contribution in [0.3, 0.4) is 0 Å². The van der Waals surface area contributed by atoms with Crippen molar-refractivity contribution in [1.82, 2.24) is 0 Å². The predicted molar refractivity (Wildman–Crippen MR) is 64.1 cm³/mol. The van der Waals surface area contributed by atoms with E-state index in [1.54, 1.807) is 0 Å². The zero-order valence-corrected chi connectivity index (χ0v) is 9.87. The fourth-order valence-corrected chi connectivity index (χ4v) is 1.79. The second-order valence-electron chi connectivity index (χ2n) is 4.21. The lowest BCUT2D eigenvalue weighted by atomic mass is 10.1. The minimum Gasteiger partial charge on any atom is -0.493 e. The molecule has 1 aliphatic rings. The van der Waals surface area contributed by atoms with Crippen LogP contribution in [0.25, 0.3) is 0 Å². The summed E-state index contributed by atoms with van der Waals surface area (Å²) in [6.45, 7) is 0.787. The van der Waals surface area contributed by atoms with Crippen LogP contribution in [0.5, 0.6) is 5.75 Å². The van der Waals surface area contributed by atoms with Crippen LogP contribution in [-0.4, -0.2) is 12.9 Å². The maximum absolute atomic E-state index is 10.4. The summed E-state index contributed by atoms with van der Waals surface area (Å²) >= 11 is 5.93. The Morgan fingerprint density at radius 3 is 2.94 bits per heavy atom. The van der Waals surface area contributed by atoms with Gasteiger partial charge in [-0.2, -0.15) is 0 Å². The third kappa shape index (κ3) is 3.24. The second kappa shape index (κ2) is 5.35. The summed E-state index contributed by atoms with van der Waals surface area (Å²) in [6, 6.07) is 5.60. The zero-order valence-electron chi connectivity index (χ0n) is 9.12. The highest BCUT2D eigenvalue weighted by Gasteiger charge is 2.22. The van der Waals surface area contributed by atoms with Crippen LogP contribution >= 0.6 is 11.6 Å². The van der Waals surface area contributed by atoms with Gasteiger partial charge in [-0.05, 0) is 48.9 Å². The van der Waals surface area contributed by atoms with E-state index in [4.69, 9.17) is 16.3 Å². The van der Waals surface area contributed by atoms with E-state index in [2.05, 4.69) is 0 Å². The molecule has 1 fully saturated rings. The molecule has 16 heavy (non-hydrogen) atoms. The van der Waals surface area contributed by atoms with Gasteiger partial charge in [-0.25, -0.2) is 0 Å². The van der Waals surface area contributed by atoms with Crippen LogP contribution < -0.4 is 4.74 Å². The van der Waals surface area contributed by atoms with Crippen molar-refractivity contribution >= 4 is 17.9 Å². The van der Waals surface area contributed by atoms with E-state index < -0.39 is 0 Å². The highest BCUT2D eigenvalue weighted by atomic mass is 35.5. The zero-order chi connectivity index (χ0) is 11.4. The highest BCUT2D eigenvalue weighted by Crippen LogP contribution is 2.31. The van der Waals surface area contributed by atoms with Gasteiger partial charge in [0.15, 0.2) is 0 Å². The molecule has 0 heterocycles. The summed E-state index contributed by atoms with van der Waals surface area (Å²) in [7, 11) is 0. The molecule has 3 heteroatoms.